The summed E-state index contributed by atoms with van der Waals surface area (Å²) in [4.78, 5) is 16.7. The van der Waals surface area contributed by atoms with Crippen molar-refractivity contribution in [1.82, 2.24) is 9.97 Å². The molecule has 2 aromatic rings. The standard InChI is InChI=1S/C12H16BrN3O/c1-6(2)3-9(14)7-4-10-11(5-8(7)13)16-12(17)15-10/h4-6,9H,3,14H2,1-2H3,(H2,15,16,17). The number of aromatic nitrogens is 2. The van der Waals surface area contributed by atoms with Gasteiger partial charge < -0.3 is 15.7 Å². The van der Waals surface area contributed by atoms with Crippen molar-refractivity contribution in [1.29, 1.82) is 0 Å². The number of nitrogens with two attached hydrogens (primary N) is 1. The summed E-state index contributed by atoms with van der Waals surface area (Å²) in [6.07, 6.45) is 0.915. The lowest BCUT2D eigenvalue weighted by molar-refractivity contribution is 0.509. The van der Waals surface area contributed by atoms with Crippen LogP contribution in [0.4, 0.5) is 0 Å². The van der Waals surface area contributed by atoms with Crippen molar-refractivity contribution in [3.63, 3.8) is 0 Å². The molecule has 5 heteroatoms. The van der Waals surface area contributed by atoms with Crippen LogP contribution in [0.1, 0.15) is 31.9 Å². The van der Waals surface area contributed by atoms with E-state index >= 15 is 0 Å². The minimum absolute atomic E-state index is 0.0211. The molecule has 0 radical (unpaired) electrons. The molecule has 2 rings (SSSR count). The van der Waals surface area contributed by atoms with Gasteiger partial charge in [0, 0.05) is 10.5 Å². The fourth-order valence-electron chi connectivity index (χ4n) is 1.99. The number of aromatic amines is 2. The summed E-state index contributed by atoms with van der Waals surface area (Å²) in [6.45, 7) is 4.29. The van der Waals surface area contributed by atoms with Crippen LogP contribution >= 0.6 is 15.9 Å². The summed E-state index contributed by atoms with van der Waals surface area (Å²) < 4.78 is 0.938. The average Bonchev–Trinajstić information content (AvgIpc) is 2.54. The molecule has 0 saturated heterocycles. The molecule has 1 aromatic carbocycles. The van der Waals surface area contributed by atoms with Gasteiger partial charge in [0.1, 0.15) is 0 Å². The zero-order valence-corrected chi connectivity index (χ0v) is 11.5. The topological polar surface area (TPSA) is 74.7 Å². The van der Waals surface area contributed by atoms with Gasteiger partial charge in [0.15, 0.2) is 0 Å². The number of H-pyrrole nitrogens is 2. The van der Waals surface area contributed by atoms with Gasteiger partial charge in [-0.05, 0) is 30.0 Å². The summed E-state index contributed by atoms with van der Waals surface area (Å²) in [5.74, 6) is 0.540. The zero-order valence-electron chi connectivity index (χ0n) is 9.88. The first-order chi connectivity index (χ1) is 7.97. The van der Waals surface area contributed by atoms with Crippen molar-refractivity contribution in [2.75, 3.05) is 0 Å². The number of fused-ring (bicyclic) bond motifs is 1. The van der Waals surface area contributed by atoms with Gasteiger partial charge in [0.2, 0.25) is 0 Å². The second kappa shape index (κ2) is 4.66. The maximum Gasteiger partial charge on any atom is 0.323 e. The van der Waals surface area contributed by atoms with Gasteiger partial charge in [-0.3, -0.25) is 0 Å². The summed E-state index contributed by atoms with van der Waals surface area (Å²) in [5, 5.41) is 0. The second-order valence-corrected chi connectivity index (χ2v) is 5.59. The van der Waals surface area contributed by atoms with Gasteiger partial charge in [0.05, 0.1) is 11.0 Å². The van der Waals surface area contributed by atoms with Gasteiger partial charge in [-0.15, -0.1) is 0 Å². The number of nitrogens with one attached hydrogen (secondary N) is 2. The van der Waals surface area contributed by atoms with E-state index in [2.05, 4.69) is 39.7 Å². The van der Waals surface area contributed by atoms with Gasteiger partial charge in [-0.2, -0.15) is 0 Å². The Kier molecular flexibility index (Phi) is 3.40. The third kappa shape index (κ3) is 2.61. The monoisotopic (exact) mass is 297 g/mol. The smallest absolute Gasteiger partial charge is 0.323 e. The van der Waals surface area contributed by atoms with E-state index in [0.29, 0.717) is 5.92 Å². The van der Waals surface area contributed by atoms with Gasteiger partial charge in [-0.25, -0.2) is 4.79 Å². The lowest BCUT2D eigenvalue weighted by atomic mass is 9.97. The quantitative estimate of drug-likeness (QED) is 0.815. The molecule has 4 N–H and O–H groups in total. The third-order valence-electron chi connectivity index (χ3n) is 2.76. The molecule has 0 spiro atoms. The number of hydrogen-bond acceptors (Lipinski definition) is 2. The third-order valence-corrected chi connectivity index (χ3v) is 3.44. The molecular formula is C12H16BrN3O. The minimum atomic E-state index is -0.193. The van der Waals surface area contributed by atoms with E-state index in [0.717, 1.165) is 27.5 Å². The van der Waals surface area contributed by atoms with Crippen molar-refractivity contribution in [3.05, 3.63) is 32.7 Å². The fourth-order valence-corrected chi connectivity index (χ4v) is 2.63. The van der Waals surface area contributed by atoms with E-state index in [-0.39, 0.29) is 11.7 Å². The highest BCUT2D eigenvalue weighted by Gasteiger charge is 2.13. The normalized spacial score (nSPS) is 13.5. The maximum absolute atomic E-state index is 11.2. The molecule has 1 atom stereocenters. The molecule has 0 aliphatic heterocycles. The number of benzene rings is 1. The first-order valence-corrected chi connectivity index (χ1v) is 6.43. The lowest BCUT2D eigenvalue weighted by Crippen LogP contribution is -2.13. The fraction of sp³-hybridized carbons (Fsp3) is 0.417. The Hall–Kier alpha value is -1.07. The Bertz CT molecular complexity index is 585. The molecule has 0 aliphatic carbocycles. The van der Waals surface area contributed by atoms with Gasteiger partial charge in [0.25, 0.3) is 0 Å². The van der Waals surface area contributed by atoms with Crippen molar-refractivity contribution in [2.24, 2.45) is 11.7 Å². The summed E-state index contributed by atoms with van der Waals surface area (Å²) in [7, 11) is 0. The van der Waals surface area contributed by atoms with Crippen LogP contribution < -0.4 is 11.4 Å². The number of hydrogen-bond donors (Lipinski definition) is 3. The Morgan fingerprint density at radius 1 is 1.29 bits per heavy atom. The first-order valence-electron chi connectivity index (χ1n) is 5.64. The highest BCUT2D eigenvalue weighted by molar-refractivity contribution is 9.10. The zero-order chi connectivity index (χ0) is 12.6. The number of halogens is 1. The Labute approximate surface area is 108 Å². The first kappa shape index (κ1) is 12.4. The molecule has 0 amide bonds. The highest BCUT2D eigenvalue weighted by atomic mass is 79.9. The predicted octanol–water partition coefficient (Wildman–Crippen LogP) is 2.66. The van der Waals surface area contributed by atoms with Crippen LogP contribution in [0.3, 0.4) is 0 Å². The molecule has 0 saturated carbocycles. The second-order valence-electron chi connectivity index (χ2n) is 4.73. The van der Waals surface area contributed by atoms with E-state index in [4.69, 9.17) is 5.73 Å². The molecule has 1 unspecified atom stereocenters. The molecule has 92 valence electrons. The summed E-state index contributed by atoms with van der Waals surface area (Å²) in [5.41, 5.74) is 8.59. The van der Waals surface area contributed by atoms with Crippen LogP contribution in [0.2, 0.25) is 0 Å². The van der Waals surface area contributed by atoms with E-state index in [1.807, 2.05) is 12.1 Å². The Morgan fingerprint density at radius 2 is 1.88 bits per heavy atom. The van der Waals surface area contributed by atoms with Crippen LogP contribution in [0.15, 0.2) is 21.4 Å². The van der Waals surface area contributed by atoms with Crippen molar-refractivity contribution in [3.8, 4) is 0 Å². The van der Waals surface area contributed by atoms with E-state index in [1.165, 1.54) is 0 Å². The van der Waals surface area contributed by atoms with Crippen LogP contribution in [0, 0.1) is 5.92 Å². The highest BCUT2D eigenvalue weighted by Crippen LogP contribution is 2.29. The summed E-state index contributed by atoms with van der Waals surface area (Å²) in [6, 6.07) is 3.81. The van der Waals surface area contributed by atoms with Crippen LogP contribution in [0.5, 0.6) is 0 Å². The van der Waals surface area contributed by atoms with Crippen LogP contribution in [-0.2, 0) is 0 Å². The summed E-state index contributed by atoms with van der Waals surface area (Å²) >= 11 is 3.50. The molecule has 4 nitrogen and oxygen atoms in total. The molecule has 17 heavy (non-hydrogen) atoms. The largest absolute Gasteiger partial charge is 0.324 e. The molecule has 1 heterocycles. The molecule has 0 fully saturated rings. The lowest BCUT2D eigenvalue weighted by Gasteiger charge is -2.16. The van der Waals surface area contributed by atoms with E-state index < -0.39 is 0 Å². The SMILES string of the molecule is CC(C)CC(N)c1cc2[nH]c(=O)[nH]c2cc1Br. The van der Waals surface area contributed by atoms with Crippen LogP contribution in [-0.4, -0.2) is 9.97 Å². The molecular weight excluding hydrogens is 282 g/mol. The molecule has 0 aliphatic rings. The van der Waals surface area contributed by atoms with Crippen molar-refractivity contribution >= 4 is 27.0 Å². The Balaban J connectivity index is 2.46. The average molecular weight is 298 g/mol. The minimum Gasteiger partial charge on any atom is -0.324 e. The van der Waals surface area contributed by atoms with Gasteiger partial charge >= 0.3 is 5.69 Å². The predicted molar refractivity (Wildman–Crippen MR) is 73.0 cm³/mol. The Morgan fingerprint density at radius 3 is 2.47 bits per heavy atom. The maximum atomic E-state index is 11.2. The van der Waals surface area contributed by atoms with Gasteiger partial charge in [-0.1, -0.05) is 29.8 Å². The van der Waals surface area contributed by atoms with Crippen LogP contribution in [0.25, 0.3) is 11.0 Å². The van der Waals surface area contributed by atoms with E-state index in [9.17, 15) is 4.79 Å². The number of rotatable bonds is 3. The molecule has 1 aromatic heterocycles. The van der Waals surface area contributed by atoms with Crippen molar-refractivity contribution < 1.29 is 0 Å². The van der Waals surface area contributed by atoms with Crippen molar-refractivity contribution in [2.45, 2.75) is 26.3 Å². The van der Waals surface area contributed by atoms with E-state index in [1.54, 1.807) is 0 Å². The molecule has 0 bridgehead atoms. The number of imidazole rings is 1.